The lowest BCUT2D eigenvalue weighted by Crippen LogP contribution is -2.28. The summed E-state index contributed by atoms with van der Waals surface area (Å²) < 4.78 is 1.83. The minimum Gasteiger partial charge on any atom is -0.348 e. The Balaban J connectivity index is 1.77. The maximum atomic E-state index is 13.0. The predicted octanol–water partition coefficient (Wildman–Crippen LogP) is 4.26. The van der Waals surface area contributed by atoms with E-state index in [2.05, 4.69) is 48.3 Å². The lowest BCUT2D eigenvalue weighted by atomic mass is 10.1. The maximum absolute atomic E-state index is 13.0. The Bertz CT molecular complexity index is 976. The molecule has 0 spiro atoms. The molecule has 0 aliphatic carbocycles. The topological polar surface area (TPSA) is 50.2 Å². The van der Waals surface area contributed by atoms with Crippen LogP contribution in [0.3, 0.4) is 0 Å². The fraction of sp³-hybridized carbons (Fsp3) is 0.333. The van der Waals surface area contributed by atoms with Gasteiger partial charge in [0.15, 0.2) is 0 Å². The van der Waals surface area contributed by atoms with E-state index in [0.717, 1.165) is 29.2 Å². The predicted molar refractivity (Wildman–Crippen MR) is 117 cm³/mol. The van der Waals surface area contributed by atoms with Crippen LogP contribution in [0.15, 0.2) is 54.6 Å². The number of hydrogen-bond donors (Lipinski definition) is 1. The molecule has 1 aromatic heterocycles. The summed E-state index contributed by atoms with van der Waals surface area (Å²) in [5, 5.41) is 7.68. The van der Waals surface area contributed by atoms with Crippen molar-refractivity contribution >= 4 is 5.91 Å². The third kappa shape index (κ3) is 4.74. The lowest BCUT2D eigenvalue weighted by Gasteiger charge is -2.22. The minimum atomic E-state index is -0.0887. The van der Waals surface area contributed by atoms with E-state index in [0.29, 0.717) is 18.2 Å². The first-order valence-corrected chi connectivity index (χ1v) is 10.0. The Hall–Kier alpha value is -2.92. The van der Waals surface area contributed by atoms with Crippen LogP contribution in [-0.2, 0) is 13.1 Å². The van der Waals surface area contributed by atoms with Gasteiger partial charge in [-0.2, -0.15) is 5.10 Å². The molecule has 0 aliphatic rings. The molecule has 0 unspecified atom stereocenters. The van der Waals surface area contributed by atoms with Crippen molar-refractivity contribution in [2.45, 2.75) is 46.8 Å². The van der Waals surface area contributed by atoms with Crippen molar-refractivity contribution in [3.05, 3.63) is 82.7 Å². The summed E-state index contributed by atoms with van der Waals surface area (Å²) >= 11 is 0. The highest BCUT2D eigenvalue weighted by Crippen LogP contribution is 2.18. The number of carbonyl (C=O) groups is 1. The molecular formula is C24H30N4O. The fourth-order valence-corrected chi connectivity index (χ4v) is 3.39. The van der Waals surface area contributed by atoms with Gasteiger partial charge in [0.05, 0.1) is 22.6 Å². The number of para-hydroxylation sites is 1. The Kier molecular flexibility index (Phi) is 6.49. The molecule has 1 N–H and O–H groups in total. The number of benzene rings is 2. The Morgan fingerprint density at radius 3 is 2.31 bits per heavy atom. The number of nitrogens with one attached hydrogen (secondary N) is 1. The van der Waals surface area contributed by atoms with Gasteiger partial charge in [0.25, 0.3) is 5.91 Å². The molecule has 0 radical (unpaired) electrons. The van der Waals surface area contributed by atoms with E-state index in [1.54, 1.807) is 0 Å². The molecule has 0 atom stereocenters. The number of carbonyl (C=O) groups excluding carboxylic acids is 1. The summed E-state index contributed by atoms with van der Waals surface area (Å²) in [4.78, 5) is 15.3. The molecular weight excluding hydrogens is 360 g/mol. The summed E-state index contributed by atoms with van der Waals surface area (Å²) in [6.45, 7) is 9.53. The molecule has 0 saturated carbocycles. The molecule has 0 fully saturated rings. The average molecular weight is 391 g/mol. The van der Waals surface area contributed by atoms with Gasteiger partial charge < -0.3 is 5.32 Å². The minimum absolute atomic E-state index is 0.0887. The largest absolute Gasteiger partial charge is 0.348 e. The number of nitrogens with zero attached hydrogens (tertiary/aromatic N) is 3. The number of amides is 1. The highest BCUT2D eigenvalue weighted by atomic mass is 16.1. The Morgan fingerprint density at radius 2 is 1.66 bits per heavy atom. The van der Waals surface area contributed by atoms with Crippen molar-refractivity contribution in [3.63, 3.8) is 0 Å². The number of aryl methyl sites for hydroxylation is 1. The normalized spacial score (nSPS) is 11.3. The van der Waals surface area contributed by atoms with E-state index in [1.165, 1.54) is 5.56 Å². The highest BCUT2D eigenvalue weighted by Gasteiger charge is 2.19. The summed E-state index contributed by atoms with van der Waals surface area (Å²) in [7, 11) is 2.12. The van der Waals surface area contributed by atoms with Crippen LogP contribution in [-0.4, -0.2) is 33.7 Å². The SMILES string of the molecule is Cc1nn(-c2ccccc2)c(C)c1C(=O)NCc1ccccc1CN(C)C(C)C. The van der Waals surface area contributed by atoms with Crippen molar-refractivity contribution in [2.24, 2.45) is 0 Å². The molecule has 0 saturated heterocycles. The summed E-state index contributed by atoms with van der Waals surface area (Å²) in [6.07, 6.45) is 0. The number of aromatic nitrogens is 2. The summed E-state index contributed by atoms with van der Waals surface area (Å²) in [6, 6.07) is 18.6. The van der Waals surface area contributed by atoms with Crippen LogP contribution in [0.4, 0.5) is 0 Å². The van der Waals surface area contributed by atoms with Crippen molar-refractivity contribution in [1.82, 2.24) is 20.0 Å². The van der Waals surface area contributed by atoms with Gasteiger partial charge in [-0.15, -0.1) is 0 Å². The molecule has 5 heteroatoms. The van der Waals surface area contributed by atoms with Crippen molar-refractivity contribution in [3.8, 4) is 5.69 Å². The van der Waals surface area contributed by atoms with Gasteiger partial charge in [-0.25, -0.2) is 4.68 Å². The van der Waals surface area contributed by atoms with Crippen LogP contribution in [0.2, 0.25) is 0 Å². The van der Waals surface area contributed by atoms with Crippen LogP contribution in [0.5, 0.6) is 0 Å². The maximum Gasteiger partial charge on any atom is 0.255 e. The van der Waals surface area contributed by atoms with Gasteiger partial charge in [0, 0.05) is 19.1 Å². The van der Waals surface area contributed by atoms with E-state index in [-0.39, 0.29) is 5.91 Å². The molecule has 0 bridgehead atoms. The van der Waals surface area contributed by atoms with Gasteiger partial charge >= 0.3 is 0 Å². The second-order valence-corrected chi connectivity index (χ2v) is 7.75. The van der Waals surface area contributed by atoms with Gasteiger partial charge in [0.2, 0.25) is 0 Å². The van der Waals surface area contributed by atoms with E-state index in [1.807, 2.05) is 61.0 Å². The Labute approximate surface area is 173 Å². The van der Waals surface area contributed by atoms with Crippen molar-refractivity contribution < 1.29 is 4.79 Å². The van der Waals surface area contributed by atoms with Gasteiger partial charge in [-0.05, 0) is 58.0 Å². The molecule has 5 nitrogen and oxygen atoms in total. The summed E-state index contributed by atoms with van der Waals surface area (Å²) in [5.74, 6) is -0.0887. The van der Waals surface area contributed by atoms with Gasteiger partial charge in [0.1, 0.15) is 0 Å². The van der Waals surface area contributed by atoms with E-state index >= 15 is 0 Å². The molecule has 2 aromatic carbocycles. The van der Waals surface area contributed by atoms with Crippen LogP contribution < -0.4 is 5.32 Å². The summed E-state index contributed by atoms with van der Waals surface area (Å²) in [5.41, 5.74) is 5.55. The Morgan fingerprint density at radius 1 is 1.03 bits per heavy atom. The van der Waals surface area contributed by atoms with Crippen LogP contribution in [0.1, 0.15) is 46.7 Å². The lowest BCUT2D eigenvalue weighted by molar-refractivity contribution is 0.0949. The molecule has 3 rings (SSSR count). The van der Waals surface area contributed by atoms with E-state index < -0.39 is 0 Å². The quantitative estimate of drug-likeness (QED) is 0.656. The van der Waals surface area contributed by atoms with Gasteiger partial charge in [-0.1, -0.05) is 42.5 Å². The zero-order valence-electron chi connectivity index (χ0n) is 17.9. The third-order valence-electron chi connectivity index (χ3n) is 5.38. The zero-order chi connectivity index (χ0) is 21.0. The fourth-order valence-electron chi connectivity index (χ4n) is 3.39. The van der Waals surface area contributed by atoms with Crippen molar-refractivity contribution in [2.75, 3.05) is 7.05 Å². The highest BCUT2D eigenvalue weighted by molar-refractivity contribution is 5.96. The van der Waals surface area contributed by atoms with Crippen LogP contribution in [0, 0.1) is 13.8 Å². The standard InChI is InChI=1S/C24H30N4O/c1-17(2)27(5)16-21-12-10-9-11-20(21)15-25-24(29)23-18(3)26-28(19(23)4)22-13-7-6-8-14-22/h6-14,17H,15-16H2,1-5H3,(H,25,29). The average Bonchev–Trinajstić information content (AvgIpc) is 3.01. The van der Waals surface area contributed by atoms with E-state index in [9.17, 15) is 4.79 Å². The number of rotatable bonds is 7. The molecule has 0 aliphatic heterocycles. The first kappa shape index (κ1) is 20.8. The molecule has 152 valence electrons. The first-order valence-electron chi connectivity index (χ1n) is 10.0. The van der Waals surface area contributed by atoms with Crippen molar-refractivity contribution in [1.29, 1.82) is 0 Å². The molecule has 29 heavy (non-hydrogen) atoms. The first-order chi connectivity index (χ1) is 13.9. The molecule has 1 heterocycles. The monoisotopic (exact) mass is 390 g/mol. The second kappa shape index (κ2) is 9.05. The number of hydrogen-bond acceptors (Lipinski definition) is 3. The smallest absolute Gasteiger partial charge is 0.255 e. The van der Waals surface area contributed by atoms with Crippen LogP contribution in [0.25, 0.3) is 5.69 Å². The van der Waals surface area contributed by atoms with Gasteiger partial charge in [-0.3, -0.25) is 9.69 Å². The zero-order valence-corrected chi connectivity index (χ0v) is 17.9. The second-order valence-electron chi connectivity index (χ2n) is 7.75. The van der Waals surface area contributed by atoms with Crippen LogP contribution >= 0.6 is 0 Å². The van der Waals surface area contributed by atoms with E-state index in [4.69, 9.17) is 0 Å². The molecule has 3 aromatic rings. The third-order valence-corrected chi connectivity index (χ3v) is 5.38. The molecule has 1 amide bonds.